The van der Waals surface area contributed by atoms with Crippen molar-refractivity contribution >= 4 is 15.9 Å². The van der Waals surface area contributed by atoms with Crippen LogP contribution in [0.25, 0.3) is 0 Å². The van der Waals surface area contributed by atoms with E-state index in [0.29, 0.717) is 6.54 Å². The van der Waals surface area contributed by atoms with E-state index < -0.39 is 15.6 Å². The first-order valence-electron chi connectivity index (χ1n) is 9.16. The number of rotatable bonds is 8. The molecule has 0 aromatic heterocycles. The van der Waals surface area contributed by atoms with Crippen molar-refractivity contribution in [2.75, 3.05) is 13.7 Å². The Hall–Kier alpha value is -2.38. The monoisotopic (exact) mass is 404 g/mol. The minimum Gasteiger partial charge on any atom is -0.495 e. The molecule has 6 nitrogen and oxygen atoms in total. The number of benzene rings is 2. The number of carbonyl (C=O) groups excluding carboxylic acids is 1. The van der Waals surface area contributed by atoms with Gasteiger partial charge in [0.05, 0.1) is 7.11 Å². The third kappa shape index (κ3) is 6.35. The highest BCUT2D eigenvalue weighted by Crippen LogP contribution is 2.26. The predicted octanol–water partition coefficient (Wildman–Crippen LogP) is 3.13. The molecule has 0 saturated heterocycles. The molecule has 2 N–H and O–H groups in total. The zero-order valence-electron chi connectivity index (χ0n) is 16.8. The molecule has 0 aliphatic heterocycles. The lowest BCUT2D eigenvalue weighted by atomic mass is 10.1. The topological polar surface area (TPSA) is 84.5 Å². The van der Waals surface area contributed by atoms with Crippen molar-refractivity contribution in [3.63, 3.8) is 0 Å². The largest absolute Gasteiger partial charge is 0.495 e. The normalized spacial score (nSPS) is 11.9. The molecule has 0 atom stereocenters. The van der Waals surface area contributed by atoms with Crippen molar-refractivity contribution in [1.29, 1.82) is 0 Å². The number of methoxy groups -OCH3 is 1. The fourth-order valence-corrected chi connectivity index (χ4v) is 4.34. The molecule has 2 aromatic carbocycles. The zero-order chi connectivity index (χ0) is 20.8. The first-order chi connectivity index (χ1) is 13.1. The van der Waals surface area contributed by atoms with Crippen LogP contribution in [-0.4, -0.2) is 33.5 Å². The Labute approximate surface area is 167 Å². The highest BCUT2D eigenvalue weighted by molar-refractivity contribution is 7.89. The quantitative estimate of drug-likeness (QED) is 0.662. The molecule has 2 rings (SSSR count). The predicted molar refractivity (Wildman–Crippen MR) is 110 cm³/mol. The van der Waals surface area contributed by atoms with Gasteiger partial charge in [-0.15, -0.1) is 0 Å². The van der Waals surface area contributed by atoms with Gasteiger partial charge >= 0.3 is 0 Å². The van der Waals surface area contributed by atoms with E-state index in [1.54, 1.807) is 26.8 Å². The smallest absolute Gasteiger partial charge is 0.251 e. The van der Waals surface area contributed by atoms with E-state index in [2.05, 4.69) is 10.0 Å². The standard InChI is InChI=1S/C21H28N2O4S/c1-21(2,3)23-28(25,26)19-15-17(12-13-18(19)27-4)20(24)22-14-8-11-16-9-6-5-7-10-16/h5-7,9-10,12-13,15,23H,8,11,14H2,1-4H3,(H,22,24). The first-order valence-corrected chi connectivity index (χ1v) is 10.6. The summed E-state index contributed by atoms with van der Waals surface area (Å²) >= 11 is 0. The van der Waals surface area contributed by atoms with E-state index in [4.69, 9.17) is 4.74 Å². The summed E-state index contributed by atoms with van der Waals surface area (Å²) in [5.41, 5.74) is 0.831. The number of aryl methyl sites for hydroxylation is 1. The number of sulfonamides is 1. The van der Waals surface area contributed by atoms with E-state index in [0.717, 1.165) is 12.8 Å². The van der Waals surface area contributed by atoms with Crippen LogP contribution in [0, 0.1) is 0 Å². The zero-order valence-corrected chi connectivity index (χ0v) is 17.6. The van der Waals surface area contributed by atoms with Crippen LogP contribution in [0.3, 0.4) is 0 Å². The molecule has 0 unspecified atom stereocenters. The van der Waals surface area contributed by atoms with Crippen LogP contribution in [0.1, 0.15) is 43.1 Å². The van der Waals surface area contributed by atoms with Gasteiger partial charge in [-0.05, 0) is 57.4 Å². The molecular weight excluding hydrogens is 376 g/mol. The fourth-order valence-electron chi connectivity index (χ4n) is 2.73. The molecule has 0 fully saturated rings. The van der Waals surface area contributed by atoms with E-state index in [1.165, 1.54) is 24.8 Å². The lowest BCUT2D eigenvalue weighted by molar-refractivity contribution is 0.0953. The molecule has 0 saturated carbocycles. The lowest BCUT2D eigenvalue weighted by Gasteiger charge is -2.21. The summed E-state index contributed by atoms with van der Waals surface area (Å²) < 4.78 is 33.2. The molecule has 0 spiro atoms. The third-order valence-corrected chi connectivity index (χ3v) is 5.71. The second kappa shape index (κ2) is 9.21. The van der Waals surface area contributed by atoms with Crippen LogP contribution < -0.4 is 14.8 Å². The number of ether oxygens (including phenoxy) is 1. The van der Waals surface area contributed by atoms with E-state index in [9.17, 15) is 13.2 Å². The maximum atomic E-state index is 12.7. The Morgan fingerprint density at radius 2 is 1.75 bits per heavy atom. The Bertz CT molecular complexity index is 904. The molecule has 7 heteroatoms. The summed E-state index contributed by atoms with van der Waals surface area (Å²) in [6, 6.07) is 14.4. The summed E-state index contributed by atoms with van der Waals surface area (Å²) in [4.78, 5) is 12.4. The van der Waals surface area contributed by atoms with Gasteiger partial charge in [0.15, 0.2) is 0 Å². The Balaban J connectivity index is 2.08. The molecule has 152 valence electrons. The molecule has 0 radical (unpaired) electrons. The molecule has 28 heavy (non-hydrogen) atoms. The molecule has 2 aromatic rings. The maximum Gasteiger partial charge on any atom is 0.251 e. The number of hydrogen-bond acceptors (Lipinski definition) is 4. The summed E-state index contributed by atoms with van der Waals surface area (Å²) in [7, 11) is -2.44. The summed E-state index contributed by atoms with van der Waals surface area (Å²) in [5, 5.41) is 2.84. The van der Waals surface area contributed by atoms with Gasteiger partial charge in [-0.2, -0.15) is 0 Å². The Kier molecular flexibility index (Phi) is 7.21. The van der Waals surface area contributed by atoms with E-state index in [1.807, 2.05) is 30.3 Å². The minimum atomic E-state index is -3.83. The number of hydrogen-bond donors (Lipinski definition) is 2. The molecule has 0 aliphatic carbocycles. The van der Waals surface area contributed by atoms with Gasteiger partial charge in [-0.3, -0.25) is 4.79 Å². The summed E-state index contributed by atoms with van der Waals surface area (Å²) in [6.45, 7) is 5.75. The highest BCUT2D eigenvalue weighted by atomic mass is 32.2. The molecule has 0 aliphatic rings. The van der Waals surface area contributed by atoms with E-state index in [-0.39, 0.29) is 22.1 Å². The van der Waals surface area contributed by atoms with Crippen molar-refractivity contribution in [1.82, 2.24) is 10.0 Å². The van der Waals surface area contributed by atoms with Gasteiger partial charge in [0.1, 0.15) is 10.6 Å². The van der Waals surface area contributed by atoms with Gasteiger partial charge < -0.3 is 10.1 Å². The van der Waals surface area contributed by atoms with Gasteiger partial charge in [-0.25, -0.2) is 13.1 Å². The average molecular weight is 405 g/mol. The van der Waals surface area contributed by atoms with Gasteiger partial charge in [0.25, 0.3) is 5.91 Å². The van der Waals surface area contributed by atoms with Crippen molar-refractivity contribution in [2.24, 2.45) is 0 Å². The lowest BCUT2D eigenvalue weighted by Crippen LogP contribution is -2.40. The average Bonchev–Trinajstić information content (AvgIpc) is 2.63. The van der Waals surface area contributed by atoms with Crippen molar-refractivity contribution in [2.45, 2.75) is 44.0 Å². The van der Waals surface area contributed by atoms with Crippen molar-refractivity contribution in [3.8, 4) is 5.75 Å². The first kappa shape index (κ1) is 21.9. The third-order valence-electron chi connectivity index (χ3n) is 3.93. The molecule has 0 bridgehead atoms. The van der Waals surface area contributed by atoms with Crippen molar-refractivity contribution < 1.29 is 17.9 Å². The minimum absolute atomic E-state index is 0.0538. The van der Waals surface area contributed by atoms with Crippen LogP contribution in [0.15, 0.2) is 53.4 Å². The maximum absolute atomic E-state index is 12.7. The summed E-state index contributed by atoms with van der Waals surface area (Å²) in [6.07, 6.45) is 1.65. The van der Waals surface area contributed by atoms with E-state index >= 15 is 0 Å². The van der Waals surface area contributed by atoms with Crippen LogP contribution >= 0.6 is 0 Å². The SMILES string of the molecule is COc1ccc(C(=O)NCCCc2ccccc2)cc1S(=O)(=O)NC(C)(C)C. The van der Waals surface area contributed by atoms with Crippen LogP contribution in [-0.2, 0) is 16.4 Å². The summed E-state index contributed by atoms with van der Waals surface area (Å²) in [5.74, 6) is -0.125. The van der Waals surface area contributed by atoms with Gasteiger partial charge in [-0.1, -0.05) is 30.3 Å². The van der Waals surface area contributed by atoms with Crippen molar-refractivity contribution in [3.05, 3.63) is 59.7 Å². The number of amides is 1. The number of nitrogens with one attached hydrogen (secondary N) is 2. The van der Waals surface area contributed by atoms with Gasteiger partial charge in [0, 0.05) is 17.6 Å². The second-order valence-electron chi connectivity index (χ2n) is 7.57. The second-order valence-corrected chi connectivity index (χ2v) is 9.22. The number of carbonyl (C=O) groups is 1. The van der Waals surface area contributed by atoms with Crippen LogP contribution in [0.5, 0.6) is 5.75 Å². The molecular formula is C21H28N2O4S. The van der Waals surface area contributed by atoms with Crippen LogP contribution in [0.4, 0.5) is 0 Å². The molecule has 1 amide bonds. The Morgan fingerprint density at radius 3 is 2.36 bits per heavy atom. The fraction of sp³-hybridized carbons (Fsp3) is 0.381. The Morgan fingerprint density at radius 1 is 1.07 bits per heavy atom. The molecule has 0 heterocycles. The van der Waals surface area contributed by atoms with Gasteiger partial charge in [0.2, 0.25) is 10.0 Å². The van der Waals surface area contributed by atoms with Crippen LogP contribution in [0.2, 0.25) is 0 Å². The highest BCUT2D eigenvalue weighted by Gasteiger charge is 2.26.